The average Bonchev–Trinajstić information content (AvgIpc) is 2.69. The fraction of sp³-hybridized carbons (Fsp3) is 0.500. The number of carboxylic acids is 1. The SMILES string of the molecule is COCC(NCCc1ccco1)C(=O)O. The van der Waals surface area contributed by atoms with Gasteiger partial charge in [-0.2, -0.15) is 0 Å². The Morgan fingerprint density at radius 2 is 2.53 bits per heavy atom. The Morgan fingerprint density at radius 1 is 1.73 bits per heavy atom. The first kappa shape index (κ1) is 11.7. The lowest BCUT2D eigenvalue weighted by Gasteiger charge is -2.12. The van der Waals surface area contributed by atoms with Crippen molar-refractivity contribution in [1.29, 1.82) is 0 Å². The van der Waals surface area contributed by atoms with Gasteiger partial charge >= 0.3 is 5.97 Å². The molecule has 1 atom stereocenters. The molecule has 0 saturated heterocycles. The van der Waals surface area contributed by atoms with E-state index in [-0.39, 0.29) is 6.61 Å². The monoisotopic (exact) mass is 213 g/mol. The van der Waals surface area contributed by atoms with E-state index in [1.807, 2.05) is 6.07 Å². The third-order valence-electron chi connectivity index (χ3n) is 1.97. The van der Waals surface area contributed by atoms with Crippen molar-refractivity contribution < 1.29 is 19.1 Å². The van der Waals surface area contributed by atoms with Gasteiger partial charge in [-0.3, -0.25) is 4.79 Å². The quantitative estimate of drug-likeness (QED) is 0.690. The smallest absolute Gasteiger partial charge is 0.323 e. The van der Waals surface area contributed by atoms with E-state index in [0.29, 0.717) is 13.0 Å². The highest BCUT2D eigenvalue weighted by atomic mass is 16.5. The maximum Gasteiger partial charge on any atom is 0.323 e. The van der Waals surface area contributed by atoms with Crippen LogP contribution in [-0.2, 0) is 16.0 Å². The molecule has 0 saturated carbocycles. The minimum absolute atomic E-state index is 0.160. The van der Waals surface area contributed by atoms with Gasteiger partial charge in [-0.15, -0.1) is 0 Å². The molecule has 15 heavy (non-hydrogen) atoms. The van der Waals surface area contributed by atoms with Crippen LogP contribution in [0.3, 0.4) is 0 Å². The molecule has 0 fully saturated rings. The van der Waals surface area contributed by atoms with Crippen LogP contribution in [0.4, 0.5) is 0 Å². The Balaban J connectivity index is 2.25. The fourth-order valence-corrected chi connectivity index (χ4v) is 1.21. The number of furan rings is 1. The highest BCUT2D eigenvalue weighted by Crippen LogP contribution is 1.99. The Morgan fingerprint density at radius 3 is 3.07 bits per heavy atom. The highest BCUT2D eigenvalue weighted by molar-refractivity contribution is 5.73. The largest absolute Gasteiger partial charge is 0.480 e. The number of ether oxygens (including phenoxy) is 1. The lowest BCUT2D eigenvalue weighted by atomic mass is 10.3. The van der Waals surface area contributed by atoms with Gasteiger partial charge in [0.15, 0.2) is 0 Å². The molecule has 2 N–H and O–H groups in total. The zero-order valence-corrected chi connectivity index (χ0v) is 8.60. The van der Waals surface area contributed by atoms with Gasteiger partial charge in [0.2, 0.25) is 0 Å². The number of hydrogen-bond acceptors (Lipinski definition) is 4. The number of rotatable bonds is 7. The molecule has 0 radical (unpaired) electrons. The van der Waals surface area contributed by atoms with Gasteiger partial charge in [-0.25, -0.2) is 0 Å². The van der Waals surface area contributed by atoms with Gasteiger partial charge in [-0.05, 0) is 12.1 Å². The van der Waals surface area contributed by atoms with Crippen LogP contribution in [0.2, 0.25) is 0 Å². The summed E-state index contributed by atoms with van der Waals surface area (Å²) in [7, 11) is 1.48. The molecular weight excluding hydrogens is 198 g/mol. The van der Waals surface area contributed by atoms with Gasteiger partial charge in [0.05, 0.1) is 12.9 Å². The standard InChI is InChI=1S/C10H15NO4/c1-14-7-9(10(12)13)11-5-4-8-3-2-6-15-8/h2-3,6,9,11H,4-5,7H2,1H3,(H,12,13). The molecule has 0 amide bonds. The van der Waals surface area contributed by atoms with Crippen LogP contribution in [0.15, 0.2) is 22.8 Å². The lowest BCUT2D eigenvalue weighted by molar-refractivity contribution is -0.140. The van der Waals surface area contributed by atoms with Crippen LogP contribution in [0.1, 0.15) is 5.76 Å². The van der Waals surface area contributed by atoms with Crippen molar-refractivity contribution in [2.75, 3.05) is 20.3 Å². The van der Waals surface area contributed by atoms with Crippen molar-refractivity contribution in [3.8, 4) is 0 Å². The van der Waals surface area contributed by atoms with E-state index in [1.165, 1.54) is 7.11 Å². The van der Waals surface area contributed by atoms with E-state index >= 15 is 0 Å². The van der Waals surface area contributed by atoms with Crippen LogP contribution in [0.25, 0.3) is 0 Å². The molecule has 5 heteroatoms. The molecule has 0 aromatic carbocycles. The van der Waals surface area contributed by atoms with Gasteiger partial charge < -0.3 is 19.6 Å². The summed E-state index contributed by atoms with van der Waals surface area (Å²) in [5.41, 5.74) is 0. The third-order valence-corrected chi connectivity index (χ3v) is 1.97. The molecule has 5 nitrogen and oxygen atoms in total. The number of aliphatic carboxylic acids is 1. The Labute approximate surface area is 88.0 Å². The molecule has 1 aromatic rings. The molecular formula is C10H15NO4. The van der Waals surface area contributed by atoms with E-state index in [9.17, 15) is 4.79 Å². The highest BCUT2D eigenvalue weighted by Gasteiger charge is 2.15. The van der Waals surface area contributed by atoms with Crippen LogP contribution >= 0.6 is 0 Å². The molecule has 1 rings (SSSR count). The van der Waals surface area contributed by atoms with Crippen molar-refractivity contribution in [2.24, 2.45) is 0 Å². The van der Waals surface area contributed by atoms with E-state index in [0.717, 1.165) is 5.76 Å². The number of carbonyl (C=O) groups is 1. The van der Waals surface area contributed by atoms with Crippen LogP contribution in [-0.4, -0.2) is 37.4 Å². The van der Waals surface area contributed by atoms with Crippen molar-refractivity contribution in [3.05, 3.63) is 24.2 Å². The minimum atomic E-state index is -0.906. The van der Waals surface area contributed by atoms with Crippen molar-refractivity contribution in [2.45, 2.75) is 12.5 Å². The van der Waals surface area contributed by atoms with Crippen molar-refractivity contribution in [1.82, 2.24) is 5.32 Å². The van der Waals surface area contributed by atoms with E-state index in [1.54, 1.807) is 12.3 Å². The van der Waals surface area contributed by atoms with Crippen molar-refractivity contribution in [3.63, 3.8) is 0 Å². The van der Waals surface area contributed by atoms with Gasteiger partial charge in [0, 0.05) is 20.1 Å². The molecule has 0 aliphatic rings. The summed E-state index contributed by atoms with van der Waals surface area (Å²) in [6, 6.07) is 3.00. The second-order valence-corrected chi connectivity index (χ2v) is 3.13. The summed E-state index contributed by atoms with van der Waals surface area (Å²) >= 11 is 0. The Kier molecular flexibility index (Phi) is 4.86. The number of carboxylic acid groups (broad SMARTS) is 1. The summed E-state index contributed by atoms with van der Waals surface area (Å²) in [5.74, 6) is -0.0691. The lowest BCUT2D eigenvalue weighted by Crippen LogP contribution is -2.41. The minimum Gasteiger partial charge on any atom is -0.480 e. The zero-order chi connectivity index (χ0) is 11.1. The molecule has 0 spiro atoms. The molecule has 1 unspecified atom stereocenters. The maximum absolute atomic E-state index is 10.7. The fourth-order valence-electron chi connectivity index (χ4n) is 1.21. The molecule has 1 heterocycles. The maximum atomic E-state index is 10.7. The van der Waals surface area contributed by atoms with Gasteiger partial charge in [-0.1, -0.05) is 0 Å². The van der Waals surface area contributed by atoms with Gasteiger partial charge in [0.25, 0.3) is 0 Å². The third kappa shape index (κ3) is 4.14. The summed E-state index contributed by atoms with van der Waals surface area (Å²) in [4.78, 5) is 10.7. The normalized spacial score (nSPS) is 12.6. The first-order valence-electron chi connectivity index (χ1n) is 4.71. The Hall–Kier alpha value is -1.33. The molecule has 0 aliphatic carbocycles. The molecule has 1 aromatic heterocycles. The van der Waals surface area contributed by atoms with Crippen LogP contribution in [0.5, 0.6) is 0 Å². The van der Waals surface area contributed by atoms with Crippen molar-refractivity contribution >= 4 is 5.97 Å². The topological polar surface area (TPSA) is 71.7 Å². The molecule has 0 bridgehead atoms. The summed E-state index contributed by atoms with van der Waals surface area (Å²) in [5, 5.41) is 11.7. The average molecular weight is 213 g/mol. The number of hydrogen-bond donors (Lipinski definition) is 2. The van der Waals surface area contributed by atoms with Crippen LogP contribution < -0.4 is 5.32 Å². The Bertz CT molecular complexity index is 284. The van der Waals surface area contributed by atoms with Crippen LogP contribution in [0, 0.1) is 0 Å². The first-order valence-corrected chi connectivity index (χ1v) is 4.71. The number of methoxy groups -OCH3 is 1. The first-order chi connectivity index (χ1) is 7.24. The predicted octanol–water partition coefficient (Wildman–Crippen LogP) is 0.511. The molecule has 84 valence electrons. The second-order valence-electron chi connectivity index (χ2n) is 3.13. The zero-order valence-electron chi connectivity index (χ0n) is 8.60. The summed E-state index contributed by atoms with van der Waals surface area (Å²) in [6.07, 6.45) is 2.26. The summed E-state index contributed by atoms with van der Waals surface area (Å²) in [6.45, 7) is 0.710. The second kappa shape index (κ2) is 6.21. The predicted molar refractivity (Wildman–Crippen MR) is 53.7 cm³/mol. The van der Waals surface area contributed by atoms with E-state index < -0.39 is 12.0 Å². The number of nitrogens with one attached hydrogen (secondary N) is 1. The molecule has 0 aliphatic heterocycles. The van der Waals surface area contributed by atoms with E-state index in [2.05, 4.69) is 5.32 Å². The van der Waals surface area contributed by atoms with E-state index in [4.69, 9.17) is 14.3 Å². The van der Waals surface area contributed by atoms with Gasteiger partial charge in [0.1, 0.15) is 11.8 Å². The summed E-state index contributed by atoms with van der Waals surface area (Å²) < 4.78 is 9.90.